The third-order valence-electron chi connectivity index (χ3n) is 5.68. The van der Waals surface area contributed by atoms with Gasteiger partial charge in [0.05, 0.1) is 33.3 Å². The van der Waals surface area contributed by atoms with E-state index in [1.165, 1.54) is 16.0 Å². The number of methoxy groups -OCH3 is 1. The summed E-state index contributed by atoms with van der Waals surface area (Å²) in [6, 6.07) is 29.1. The smallest absolute Gasteiger partial charge is 0.254 e. The maximum atomic E-state index is 12.9. The zero-order valence-electron chi connectivity index (χ0n) is 16.8. The quantitative estimate of drug-likeness (QED) is 0.731. The number of hydrogen-bond acceptors (Lipinski definition) is 2. The molecule has 4 rings (SSSR count). The zero-order valence-corrected chi connectivity index (χ0v) is 16.8. The second-order valence-electron chi connectivity index (χ2n) is 7.44. The molecule has 1 amide bonds. The minimum absolute atomic E-state index is 0.0823. The van der Waals surface area contributed by atoms with Crippen molar-refractivity contribution >= 4 is 5.91 Å². The Hall–Kier alpha value is -3.11. The van der Waals surface area contributed by atoms with Gasteiger partial charge in [-0.3, -0.25) is 4.79 Å². The van der Waals surface area contributed by atoms with Crippen molar-refractivity contribution in [2.24, 2.45) is 0 Å². The maximum Gasteiger partial charge on any atom is 0.254 e. The molecule has 0 aliphatic carbocycles. The Kier molecular flexibility index (Phi) is 5.92. The summed E-state index contributed by atoms with van der Waals surface area (Å²) >= 11 is 0. The lowest BCUT2D eigenvalue weighted by atomic mass is 9.96. The van der Waals surface area contributed by atoms with Crippen LogP contribution in [0, 0.1) is 0 Å². The SMILES string of the molecule is COc1cccc(C(=O)N2CC[NH+](C(c3ccccc3)c3ccccc3)CC2)c1. The van der Waals surface area contributed by atoms with Gasteiger partial charge in [0, 0.05) is 16.7 Å². The van der Waals surface area contributed by atoms with Crippen LogP contribution in [0.4, 0.5) is 0 Å². The lowest BCUT2D eigenvalue weighted by Gasteiger charge is -2.37. The molecule has 1 fully saturated rings. The number of carbonyl (C=O) groups excluding carboxylic acids is 1. The van der Waals surface area contributed by atoms with E-state index in [4.69, 9.17) is 4.74 Å². The Labute approximate surface area is 172 Å². The van der Waals surface area contributed by atoms with Gasteiger partial charge in [0.25, 0.3) is 5.91 Å². The van der Waals surface area contributed by atoms with E-state index in [1.54, 1.807) is 7.11 Å². The molecule has 1 aliphatic rings. The predicted molar refractivity (Wildman–Crippen MR) is 114 cm³/mol. The summed E-state index contributed by atoms with van der Waals surface area (Å²) < 4.78 is 5.26. The van der Waals surface area contributed by atoms with Gasteiger partial charge in [0.15, 0.2) is 0 Å². The number of carbonyl (C=O) groups is 1. The average molecular weight is 388 g/mol. The third kappa shape index (κ3) is 4.33. The number of hydrogen-bond donors (Lipinski definition) is 1. The second-order valence-corrected chi connectivity index (χ2v) is 7.44. The molecule has 1 aliphatic heterocycles. The van der Waals surface area contributed by atoms with Crippen LogP contribution in [0.1, 0.15) is 27.5 Å². The van der Waals surface area contributed by atoms with E-state index in [0.717, 1.165) is 26.2 Å². The third-order valence-corrected chi connectivity index (χ3v) is 5.68. The minimum Gasteiger partial charge on any atom is -0.497 e. The first-order chi connectivity index (χ1) is 14.3. The average Bonchev–Trinajstić information content (AvgIpc) is 2.81. The van der Waals surface area contributed by atoms with Crippen molar-refractivity contribution in [1.29, 1.82) is 0 Å². The molecule has 1 heterocycles. The lowest BCUT2D eigenvalue weighted by molar-refractivity contribution is -0.929. The summed E-state index contributed by atoms with van der Waals surface area (Å²) in [4.78, 5) is 16.4. The first-order valence-electron chi connectivity index (χ1n) is 10.1. The fourth-order valence-electron chi connectivity index (χ4n) is 4.18. The monoisotopic (exact) mass is 387 g/mol. The number of rotatable bonds is 5. The highest BCUT2D eigenvalue weighted by atomic mass is 16.5. The molecule has 4 heteroatoms. The van der Waals surface area contributed by atoms with Crippen LogP contribution >= 0.6 is 0 Å². The van der Waals surface area contributed by atoms with Crippen LogP contribution in [0.5, 0.6) is 5.75 Å². The van der Waals surface area contributed by atoms with Crippen LogP contribution in [-0.2, 0) is 0 Å². The highest BCUT2D eigenvalue weighted by Crippen LogP contribution is 2.20. The number of quaternary nitrogens is 1. The number of piperazine rings is 1. The van der Waals surface area contributed by atoms with Gasteiger partial charge in [0.1, 0.15) is 11.8 Å². The van der Waals surface area contributed by atoms with Crippen molar-refractivity contribution in [1.82, 2.24) is 4.90 Å². The highest BCUT2D eigenvalue weighted by molar-refractivity contribution is 5.94. The van der Waals surface area contributed by atoms with E-state index in [-0.39, 0.29) is 11.9 Å². The molecule has 4 nitrogen and oxygen atoms in total. The first kappa shape index (κ1) is 19.2. The van der Waals surface area contributed by atoms with Crippen LogP contribution in [0.15, 0.2) is 84.9 Å². The molecule has 0 radical (unpaired) electrons. The van der Waals surface area contributed by atoms with Crippen molar-refractivity contribution in [2.75, 3.05) is 33.3 Å². The largest absolute Gasteiger partial charge is 0.497 e. The summed E-state index contributed by atoms with van der Waals surface area (Å²) in [5.41, 5.74) is 3.33. The molecule has 1 N–H and O–H groups in total. The van der Waals surface area contributed by atoms with E-state index in [0.29, 0.717) is 11.3 Å². The molecule has 0 bridgehead atoms. The van der Waals surface area contributed by atoms with Crippen LogP contribution in [0.2, 0.25) is 0 Å². The zero-order chi connectivity index (χ0) is 20.1. The van der Waals surface area contributed by atoms with Gasteiger partial charge < -0.3 is 14.5 Å². The topological polar surface area (TPSA) is 34.0 Å². The van der Waals surface area contributed by atoms with Crippen molar-refractivity contribution in [3.05, 3.63) is 102 Å². The lowest BCUT2D eigenvalue weighted by Crippen LogP contribution is -3.15. The van der Waals surface area contributed by atoms with Gasteiger partial charge in [-0.15, -0.1) is 0 Å². The minimum atomic E-state index is 0.0823. The highest BCUT2D eigenvalue weighted by Gasteiger charge is 2.31. The van der Waals surface area contributed by atoms with E-state index >= 15 is 0 Å². The summed E-state index contributed by atoms with van der Waals surface area (Å²) in [5.74, 6) is 0.798. The Morgan fingerprint density at radius 1 is 0.862 bits per heavy atom. The molecule has 1 saturated heterocycles. The summed E-state index contributed by atoms with van der Waals surface area (Å²) in [5, 5.41) is 0. The van der Waals surface area contributed by atoms with Crippen LogP contribution < -0.4 is 9.64 Å². The van der Waals surface area contributed by atoms with Gasteiger partial charge >= 0.3 is 0 Å². The Bertz CT molecular complexity index is 896. The second kappa shape index (κ2) is 8.93. The van der Waals surface area contributed by atoms with Gasteiger partial charge in [-0.25, -0.2) is 0 Å². The summed E-state index contributed by atoms with van der Waals surface area (Å²) in [7, 11) is 1.62. The van der Waals surface area contributed by atoms with Crippen molar-refractivity contribution in [2.45, 2.75) is 6.04 Å². The Balaban J connectivity index is 1.50. The molecular weight excluding hydrogens is 360 g/mol. The van der Waals surface area contributed by atoms with E-state index < -0.39 is 0 Å². The fraction of sp³-hybridized carbons (Fsp3) is 0.240. The van der Waals surface area contributed by atoms with Crippen molar-refractivity contribution in [3.63, 3.8) is 0 Å². The van der Waals surface area contributed by atoms with Crippen LogP contribution in [-0.4, -0.2) is 44.1 Å². The van der Waals surface area contributed by atoms with Gasteiger partial charge in [-0.05, 0) is 18.2 Å². The number of amides is 1. The molecular formula is C25H27N2O2+. The molecule has 0 atom stereocenters. The van der Waals surface area contributed by atoms with Crippen LogP contribution in [0.25, 0.3) is 0 Å². The number of nitrogens with one attached hydrogen (secondary N) is 1. The summed E-state index contributed by atoms with van der Waals surface area (Å²) in [6.45, 7) is 3.34. The molecule has 29 heavy (non-hydrogen) atoms. The van der Waals surface area contributed by atoms with Gasteiger partial charge in [-0.2, -0.15) is 0 Å². The molecule has 0 unspecified atom stereocenters. The normalized spacial score (nSPS) is 14.8. The number of ether oxygens (including phenoxy) is 1. The van der Waals surface area contributed by atoms with Crippen molar-refractivity contribution < 1.29 is 14.4 Å². The molecule has 3 aromatic rings. The summed E-state index contributed by atoms with van der Waals surface area (Å²) in [6.07, 6.45) is 0. The molecule has 0 saturated carbocycles. The first-order valence-corrected chi connectivity index (χ1v) is 10.1. The fourth-order valence-corrected chi connectivity index (χ4v) is 4.18. The van der Waals surface area contributed by atoms with Gasteiger partial charge in [0.2, 0.25) is 0 Å². The molecule has 148 valence electrons. The Morgan fingerprint density at radius 2 is 1.45 bits per heavy atom. The van der Waals surface area contributed by atoms with E-state index in [9.17, 15) is 4.79 Å². The number of nitrogens with zero attached hydrogens (tertiary/aromatic N) is 1. The van der Waals surface area contributed by atoms with Crippen molar-refractivity contribution in [3.8, 4) is 5.75 Å². The van der Waals surface area contributed by atoms with E-state index in [1.807, 2.05) is 29.2 Å². The standard InChI is InChI=1S/C25H26N2O2/c1-29-23-14-8-13-22(19-23)25(28)27-17-15-26(16-18-27)24(20-9-4-2-5-10-20)21-11-6-3-7-12-21/h2-14,19,24H,15-18H2,1H3/p+1. The van der Waals surface area contributed by atoms with E-state index in [2.05, 4.69) is 60.7 Å². The van der Waals surface area contributed by atoms with Gasteiger partial charge in [-0.1, -0.05) is 66.7 Å². The van der Waals surface area contributed by atoms with Crippen LogP contribution in [0.3, 0.4) is 0 Å². The molecule has 0 spiro atoms. The number of benzene rings is 3. The maximum absolute atomic E-state index is 12.9. The predicted octanol–water partition coefficient (Wildman–Crippen LogP) is 2.83. The Morgan fingerprint density at radius 3 is 2.00 bits per heavy atom. The molecule has 3 aromatic carbocycles. The molecule has 0 aromatic heterocycles.